The summed E-state index contributed by atoms with van der Waals surface area (Å²) in [6.45, 7) is 5.65. The van der Waals surface area contributed by atoms with E-state index in [4.69, 9.17) is 23.7 Å². The second-order valence-corrected chi connectivity index (χ2v) is 5.51. The Kier molecular flexibility index (Phi) is 4.52. The van der Waals surface area contributed by atoms with E-state index in [1.165, 1.54) is 13.8 Å². The number of aliphatic hydroxyl groups is 1. The summed E-state index contributed by atoms with van der Waals surface area (Å²) in [6, 6.07) is 0. The first-order chi connectivity index (χ1) is 9.69. The smallest absolute Gasteiger partial charge is 0.303 e. The van der Waals surface area contributed by atoms with E-state index in [-0.39, 0.29) is 6.61 Å². The van der Waals surface area contributed by atoms with E-state index in [0.717, 1.165) is 0 Å². The first-order valence-corrected chi connectivity index (χ1v) is 6.69. The van der Waals surface area contributed by atoms with Crippen LogP contribution in [0.2, 0.25) is 0 Å². The fraction of sp³-hybridized carbons (Fsp3) is 0.846. The SMILES string of the molecule is CC(=O)OC[C@H](O)[C@@H]1O[C@@H]2OC(C)(C)O[C@H]2[C@H]1OC(C)=O. The second kappa shape index (κ2) is 5.88. The maximum atomic E-state index is 11.2. The van der Waals surface area contributed by atoms with Crippen LogP contribution in [0.4, 0.5) is 0 Å². The lowest BCUT2D eigenvalue weighted by Gasteiger charge is -2.27. The minimum absolute atomic E-state index is 0.263. The maximum Gasteiger partial charge on any atom is 0.303 e. The summed E-state index contributed by atoms with van der Waals surface area (Å²) in [5.41, 5.74) is 0. The number of carbonyl (C=O) groups excluding carboxylic acids is 2. The van der Waals surface area contributed by atoms with Gasteiger partial charge >= 0.3 is 11.9 Å². The minimum Gasteiger partial charge on any atom is -0.463 e. The lowest BCUT2D eigenvalue weighted by Crippen LogP contribution is -2.45. The average Bonchev–Trinajstić information content (AvgIpc) is 2.79. The van der Waals surface area contributed by atoms with Gasteiger partial charge in [-0.3, -0.25) is 9.59 Å². The van der Waals surface area contributed by atoms with E-state index in [9.17, 15) is 14.7 Å². The molecule has 0 amide bonds. The summed E-state index contributed by atoms with van der Waals surface area (Å²) in [7, 11) is 0. The number of ether oxygens (including phenoxy) is 5. The Bertz CT molecular complexity index is 420. The van der Waals surface area contributed by atoms with E-state index < -0.39 is 48.4 Å². The molecular weight excluding hydrogens is 284 g/mol. The molecule has 0 aromatic carbocycles. The van der Waals surface area contributed by atoms with Crippen molar-refractivity contribution in [3.63, 3.8) is 0 Å². The topological polar surface area (TPSA) is 101 Å². The fourth-order valence-electron chi connectivity index (χ4n) is 2.44. The van der Waals surface area contributed by atoms with Gasteiger partial charge in [0, 0.05) is 13.8 Å². The van der Waals surface area contributed by atoms with Crippen LogP contribution >= 0.6 is 0 Å². The van der Waals surface area contributed by atoms with Gasteiger partial charge in [0.1, 0.15) is 18.8 Å². The molecule has 0 aromatic rings. The normalized spacial score (nSPS) is 35.1. The molecule has 120 valence electrons. The van der Waals surface area contributed by atoms with Gasteiger partial charge in [0.25, 0.3) is 0 Å². The Hall–Kier alpha value is -1.22. The minimum atomic E-state index is -1.15. The van der Waals surface area contributed by atoms with Gasteiger partial charge in [-0.25, -0.2) is 0 Å². The van der Waals surface area contributed by atoms with Crippen molar-refractivity contribution in [1.82, 2.24) is 0 Å². The molecule has 21 heavy (non-hydrogen) atoms. The molecule has 2 aliphatic rings. The van der Waals surface area contributed by atoms with Crippen LogP contribution in [0.3, 0.4) is 0 Å². The highest BCUT2D eigenvalue weighted by molar-refractivity contribution is 5.66. The van der Waals surface area contributed by atoms with Crippen LogP contribution in [0.25, 0.3) is 0 Å². The Balaban J connectivity index is 2.07. The lowest BCUT2D eigenvalue weighted by atomic mass is 10.1. The lowest BCUT2D eigenvalue weighted by molar-refractivity contribution is -0.231. The molecule has 0 aromatic heterocycles. The predicted molar refractivity (Wildman–Crippen MR) is 66.9 cm³/mol. The summed E-state index contributed by atoms with van der Waals surface area (Å²) in [5.74, 6) is -1.91. The highest BCUT2D eigenvalue weighted by Crippen LogP contribution is 2.39. The van der Waals surface area contributed by atoms with Gasteiger partial charge in [-0.15, -0.1) is 0 Å². The second-order valence-electron chi connectivity index (χ2n) is 5.51. The van der Waals surface area contributed by atoms with Crippen LogP contribution in [-0.2, 0) is 33.3 Å². The van der Waals surface area contributed by atoms with E-state index in [1.54, 1.807) is 13.8 Å². The van der Waals surface area contributed by atoms with Gasteiger partial charge < -0.3 is 28.8 Å². The molecule has 0 spiro atoms. The molecule has 5 atom stereocenters. The highest BCUT2D eigenvalue weighted by atomic mass is 16.8. The average molecular weight is 304 g/mol. The van der Waals surface area contributed by atoms with Crippen LogP contribution in [0.5, 0.6) is 0 Å². The summed E-state index contributed by atoms with van der Waals surface area (Å²) < 4.78 is 26.7. The van der Waals surface area contributed by atoms with Crippen LogP contribution in [-0.4, -0.2) is 60.1 Å². The van der Waals surface area contributed by atoms with Gasteiger partial charge in [-0.05, 0) is 13.8 Å². The van der Waals surface area contributed by atoms with E-state index in [2.05, 4.69) is 0 Å². The molecule has 0 unspecified atom stereocenters. The molecule has 0 radical (unpaired) electrons. The first kappa shape index (κ1) is 16.2. The fourth-order valence-corrected chi connectivity index (χ4v) is 2.44. The van der Waals surface area contributed by atoms with E-state index >= 15 is 0 Å². The van der Waals surface area contributed by atoms with Gasteiger partial charge in [0.15, 0.2) is 24.3 Å². The predicted octanol–water partition coefficient (Wildman–Crippen LogP) is -0.282. The molecule has 8 nitrogen and oxygen atoms in total. The zero-order valence-electron chi connectivity index (χ0n) is 12.4. The van der Waals surface area contributed by atoms with Crippen molar-refractivity contribution in [1.29, 1.82) is 0 Å². The molecule has 2 rings (SSSR count). The van der Waals surface area contributed by atoms with Gasteiger partial charge in [-0.2, -0.15) is 0 Å². The molecule has 0 bridgehead atoms. The standard InChI is InChI=1S/C13H20O8/c1-6(14)17-5-8(16)9-10(18-7(2)15)11-12(19-9)21-13(3,4)20-11/h8-12,16H,5H2,1-4H3/t8-,9-,10-,11-,12+/m0/s1. The Morgan fingerprint density at radius 2 is 1.90 bits per heavy atom. The highest BCUT2D eigenvalue weighted by Gasteiger charge is 2.58. The van der Waals surface area contributed by atoms with Crippen molar-refractivity contribution >= 4 is 11.9 Å². The largest absolute Gasteiger partial charge is 0.463 e. The molecule has 1 N–H and O–H groups in total. The van der Waals surface area contributed by atoms with Crippen molar-refractivity contribution in [2.75, 3.05) is 6.61 Å². The van der Waals surface area contributed by atoms with Crippen molar-refractivity contribution in [2.24, 2.45) is 0 Å². The molecule has 2 heterocycles. The molecular formula is C13H20O8. The van der Waals surface area contributed by atoms with Crippen LogP contribution < -0.4 is 0 Å². The first-order valence-electron chi connectivity index (χ1n) is 6.69. The van der Waals surface area contributed by atoms with Crippen LogP contribution in [0.15, 0.2) is 0 Å². The third-order valence-corrected chi connectivity index (χ3v) is 3.17. The summed E-state index contributed by atoms with van der Waals surface area (Å²) in [6.07, 6.45) is -4.26. The molecule has 0 saturated carbocycles. The Morgan fingerprint density at radius 3 is 2.48 bits per heavy atom. The molecule has 8 heteroatoms. The maximum absolute atomic E-state index is 11.2. The van der Waals surface area contributed by atoms with Gasteiger partial charge in [0.05, 0.1) is 0 Å². The monoisotopic (exact) mass is 304 g/mol. The summed E-state index contributed by atoms with van der Waals surface area (Å²) in [5, 5.41) is 10.1. The number of carbonyl (C=O) groups is 2. The zero-order chi connectivity index (χ0) is 15.8. The number of esters is 2. The molecule has 2 aliphatic heterocycles. The van der Waals surface area contributed by atoms with E-state index in [1.807, 2.05) is 0 Å². The number of aliphatic hydroxyl groups excluding tert-OH is 1. The molecule has 0 aliphatic carbocycles. The number of hydrogen-bond acceptors (Lipinski definition) is 8. The van der Waals surface area contributed by atoms with E-state index in [0.29, 0.717) is 0 Å². The Morgan fingerprint density at radius 1 is 1.24 bits per heavy atom. The van der Waals surface area contributed by atoms with Crippen molar-refractivity contribution in [3.05, 3.63) is 0 Å². The quantitative estimate of drug-likeness (QED) is 0.708. The summed E-state index contributed by atoms with van der Waals surface area (Å²) in [4.78, 5) is 22.0. The van der Waals surface area contributed by atoms with Crippen molar-refractivity contribution in [3.8, 4) is 0 Å². The third-order valence-electron chi connectivity index (χ3n) is 3.17. The number of rotatable bonds is 4. The van der Waals surface area contributed by atoms with Gasteiger partial charge in [0.2, 0.25) is 0 Å². The van der Waals surface area contributed by atoms with Crippen molar-refractivity contribution in [2.45, 2.75) is 64.2 Å². The van der Waals surface area contributed by atoms with Crippen LogP contribution in [0.1, 0.15) is 27.7 Å². The molecule has 2 fully saturated rings. The number of fused-ring (bicyclic) bond motifs is 1. The number of hydrogen-bond donors (Lipinski definition) is 1. The summed E-state index contributed by atoms with van der Waals surface area (Å²) >= 11 is 0. The Labute approximate surface area is 122 Å². The van der Waals surface area contributed by atoms with Gasteiger partial charge in [-0.1, -0.05) is 0 Å². The van der Waals surface area contributed by atoms with Crippen molar-refractivity contribution < 1.29 is 38.4 Å². The molecule has 2 saturated heterocycles. The third kappa shape index (κ3) is 3.70. The van der Waals surface area contributed by atoms with Crippen LogP contribution in [0, 0.1) is 0 Å². The zero-order valence-corrected chi connectivity index (χ0v) is 12.4.